The van der Waals surface area contributed by atoms with Gasteiger partial charge >= 0.3 is 0 Å². The number of nitrogens with one attached hydrogen (secondary N) is 1. The van der Waals surface area contributed by atoms with Crippen molar-refractivity contribution < 1.29 is 13.9 Å². The predicted molar refractivity (Wildman–Crippen MR) is 96.2 cm³/mol. The molecule has 0 aliphatic carbocycles. The van der Waals surface area contributed by atoms with Crippen LogP contribution in [-0.4, -0.2) is 44.1 Å². The Hall–Kier alpha value is -1.33. The molecule has 2 rings (SSSR count). The van der Waals surface area contributed by atoms with Gasteiger partial charge in [0.15, 0.2) is 0 Å². The zero-order chi connectivity index (χ0) is 16.5. The molecule has 0 atom stereocenters. The average Bonchev–Trinajstić information content (AvgIpc) is 2.59. The number of piperidine rings is 1. The second-order valence-electron chi connectivity index (χ2n) is 6.20. The third-order valence-electron chi connectivity index (χ3n) is 4.37. The first-order chi connectivity index (χ1) is 11.1. The van der Waals surface area contributed by atoms with E-state index in [9.17, 15) is 9.18 Å². The van der Waals surface area contributed by atoms with Crippen LogP contribution < -0.4 is 10.1 Å². The van der Waals surface area contributed by atoms with Crippen LogP contribution in [0.2, 0.25) is 0 Å². The summed E-state index contributed by atoms with van der Waals surface area (Å²) in [5.41, 5.74) is 0. The Labute approximate surface area is 150 Å². The van der Waals surface area contributed by atoms with E-state index in [1.54, 1.807) is 17.0 Å². The Balaban J connectivity index is 0.00000288. The molecule has 0 bridgehead atoms. The number of halogens is 2. The fourth-order valence-corrected chi connectivity index (χ4v) is 2.84. The molecule has 1 aromatic carbocycles. The van der Waals surface area contributed by atoms with E-state index >= 15 is 0 Å². The van der Waals surface area contributed by atoms with E-state index in [-0.39, 0.29) is 24.1 Å². The van der Waals surface area contributed by atoms with Crippen molar-refractivity contribution in [1.29, 1.82) is 0 Å². The number of nitrogens with zero attached hydrogens (tertiary/aromatic N) is 1. The molecule has 1 fully saturated rings. The van der Waals surface area contributed by atoms with Gasteiger partial charge in [0.1, 0.15) is 11.6 Å². The number of rotatable bonds is 8. The molecule has 0 aromatic heterocycles. The molecule has 1 amide bonds. The van der Waals surface area contributed by atoms with E-state index in [0.29, 0.717) is 31.2 Å². The topological polar surface area (TPSA) is 41.6 Å². The SMILES string of the molecule is CN(CCCOc1ccc(F)cc1)C(=O)CCC1CCNCC1.Cl. The molecule has 1 N–H and O–H groups in total. The summed E-state index contributed by atoms with van der Waals surface area (Å²) >= 11 is 0. The van der Waals surface area contributed by atoms with Gasteiger partial charge in [0.2, 0.25) is 5.91 Å². The third kappa shape index (κ3) is 7.49. The Bertz CT molecular complexity index is 478. The van der Waals surface area contributed by atoms with E-state index in [0.717, 1.165) is 25.9 Å². The van der Waals surface area contributed by atoms with Crippen LogP contribution in [0.1, 0.15) is 32.1 Å². The highest BCUT2D eigenvalue weighted by molar-refractivity contribution is 5.85. The summed E-state index contributed by atoms with van der Waals surface area (Å²) in [4.78, 5) is 13.9. The predicted octanol–water partition coefficient (Wildman–Crippen LogP) is 3.25. The fourth-order valence-electron chi connectivity index (χ4n) is 2.84. The molecule has 24 heavy (non-hydrogen) atoms. The number of hydrogen-bond acceptors (Lipinski definition) is 3. The van der Waals surface area contributed by atoms with Gasteiger partial charge in [-0.2, -0.15) is 0 Å². The number of benzene rings is 1. The smallest absolute Gasteiger partial charge is 0.222 e. The molecule has 1 aliphatic rings. The van der Waals surface area contributed by atoms with Crippen LogP contribution in [0.5, 0.6) is 5.75 Å². The first-order valence-electron chi connectivity index (χ1n) is 8.48. The molecule has 1 saturated heterocycles. The molecule has 6 heteroatoms. The van der Waals surface area contributed by atoms with Crippen molar-refractivity contribution in [3.63, 3.8) is 0 Å². The Morgan fingerprint density at radius 1 is 1.29 bits per heavy atom. The van der Waals surface area contributed by atoms with Crippen LogP contribution in [0.25, 0.3) is 0 Å². The largest absolute Gasteiger partial charge is 0.494 e. The molecule has 1 heterocycles. The van der Waals surface area contributed by atoms with Crippen LogP contribution in [0.15, 0.2) is 24.3 Å². The summed E-state index contributed by atoms with van der Waals surface area (Å²) in [5.74, 6) is 1.29. The normalized spacial score (nSPS) is 14.8. The summed E-state index contributed by atoms with van der Waals surface area (Å²) in [7, 11) is 1.85. The van der Waals surface area contributed by atoms with Crippen LogP contribution in [0.3, 0.4) is 0 Å². The van der Waals surface area contributed by atoms with Crippen LogP contribution >= 0.6 is 12.4 Å². The quantitative estimate of drug-likeness (QED) is 0.725. The van der Waals surface area contributed by atoms with E-state index < -0.39 is 0 Å². The van der Waals surface area contributed by atoms with Gasteiger partial charge in [0, 0.05) is 20.0 Å². The maximum absolute atomic E-state index is 12.8. The fraction of sp³-hybridized carbons (Fsp3) is 0.611. The number of carbonyl (C=O) groups is 1. The van der Waals surface area contributed by atoms with Crippen molar-refractivity contribution in [3.05, 3.63) is 30.1 Å². The Morgan fingerprint density at radius 3 is 2.62 bits per heavy atom. The zero-order valence-corrected chi connectivity index (χ0v) is 15.1. The van der Waals surface area contributed by atoms with Crippen LogP contribution in [0.4, 0.5) is 4.39 Å². The number of ether oxygens (including phenoxy) is 1. The van der Waals surface area contributed by atoms with Crippen molar-refractivity contribution in [2.45, 2.75) is 32.1 Å². The molecule has 0 saturated carbocycles. The van der Waals surface area contributed by atoms with Gasteiger partial charge in [-0.25, -0.2) is 4.39 Å². The first kappa shape index (κ1) is 20.7. The van der Waals surface area contributed by atoms with Gasteiger partial charge in [0.25, 0.3) is 0 Å². The van der Waals surface area contributed by atoms with Gasteiger partial charge in [-0.05, 0) is 69.0 Å². The molecule has 0 radical (unpaired) electrons. The molecule has 0 spiro atoms. The van der Waals surface area contributed by atoms with Gasteiger partial charge in [-0.1, -0.05) is 0 Å². The molecular formula is C18H28ClFN2O2. The monoisotopic (exact) mass is 358 g/mol. The summed E-state index contributed by atoms with van der Waals surface area (Å²) in [6.07, 6.45) is 4.77. The number of amides is 1. The minimum Gasteiger partial charge on any atom is -0.494 e. The van der Waals surface area contributed by atoms with Crippen molar-refractivity contribution in [2.24, 2.45) is 5.92 Å². The summed E-state index contributed by atoms with van der Waals surface area (Å²) in [6.45, 7) is 3.37. The number of carbonyl (C=O) groups excluding carboxylic acids is 1. The maximum atomic E-state index is 12.8. The minimum absolute atomic E-state index is 0. The van der Waals surface area contributed by atoms with Gasteiger partial charge in [0.05, 0.1) is 6.61 Å². The lowest BCUT2D eigenvalue weighted by molar-refractivity contribution is -0.130. The van der Waals surface area contributed by atoms with Crippen LogP contribution in [-0.2, 0) is 4.79 Å². The molecule has 1 aliphatic heterocycles. The second kappa shape index (κ2) is 11.3. The Kier molecular flexibility index (Phi) is 9.72. The van der Waals surface area contributed by atoms with Crippen molar-refractivity contribution in [3.8, 4) is 5.75 Å². The maximum Gasteiger partial charge on any atom is 0.222 e. The highest BCUT2D eigenvalue weighted by Crippen LogP contribution is 2.18. The molecule has 4 nitrogen and oxygen atoms in total. The second-order valence-corrected chi connectivity index (χ2v) is 6.20. The first-order valence-corrected chi connectivity index (χ1v) is 8.48. The summed E-state index contributed by atoms with van der Waals surface area (Å²) in [5, 5.41) is 3.35. The molecule has 0 unspecified atom stereocenters. The average molecular weight is 359 g/mol. The number of hydrogen-bond donors (Lipinski definition) is 1. The summed E-state index contributed by atoms with van der Waals surface area (Å²) < 4.78 is 18.3. The zero-order valence-electron chi connectivity index (χ0n) is 14.3. The van der Waals surface area contributed by atoms with Crippen molar-refractivity contribution in [1.82, 2.24) is 10.2 Å². The lowest BCUT2D eigenvalue weighted by Crippen LogP contribution is -2.31. The Morgan fingerprint density at radius 2 is 1.96 bits per heavy atom. The van der Waals surface area contributed by atoms with Crippen LogP contribution in [0, 0.1) is 11.7 Å². The van der Waals surface area contributed by atoms with E-state index in [1.165, 1.54) is 25.0 Å². The van der Waals surface area contributed by atoms with Gasteiger partial charge in [-0.3, -0.25) is 4.79 Å². The molecule has 1 aromatic rings. The van der Waals surface area contributed by atoms with Gasteiger partial charge < -0.3 is 15.0 Å². The van der Waals surface area contributed by atoms with Crippen molar-refractivity contribution >= 4 is 18.3 Å². The van der Waals surface area contributed by atoms with Crippen molar-refractivity contribution in [2.75, 3.05) is 33.3 Å². The van der Waals surface area contributed by atoms with E-state index in [2.05, 4.69) is 5.32 Å². The minimum atomic E-state index is -0.267. The van der Waals surface area contributed by atoms with Gasteiger partial charge in [-0.15, -0.1) is 12.4 Å². The highest BCUT2D eigenvalue weighted by Gasteiger charge is 2.16. The van der Waals surface area contributed by atoms with E-state index in [4.69, 9.17) is 4.74 Å². The summed E-state index contributed by atoms with van der Waals surface area (Å²) in [6, 6.07) is 5.99. The highest BCUT2D eigenvalue weighted by atomic mass is 35.5. The lowest BCUT2D eigenvalue weighted by Gasteiger charge is -2.23. The lowest BCUT2D eigenvalue weighted by atomic mass is 9.93. The molecule has 136 valence electrons. The standard InChI is InChI=1S/C18H27FN2O2.ClH/c1-21(18(22)8-3-15-9-11-20-12-10-15)13-2-14-23-17-6-4-16(19)5-7-17;/h4-7,15,20H,2-3,8-14H2,1H3;1H. The third-order valence-corrected chi connectivity index (χ3v) is 4.37. The van der Waals surface area contributed by atoms with E-state index in [1.807, 2.05) is 7.05 Å². The molecular weight excluding hydrogens is 331 g/mol.